The molecule has 5 unspecified atom stereocenters. The Morgan fingerprint density at radius 2 is 1.43 bits per heavy atom. The molecule has 0 aromatic carbocycles. The third kappa shape index (κ3) is 9.15. The zero-order valence-corrected chi connectivity index (χ0v) is 17.1. The first kappa shape index (κ1) is 27.2. The summed E-state index contributed by atoms with van der Waals surface area (Å²) in [5.74, 6) is -5.19. The van der Waals surface area contributed by atoms with Crippen molar-refractivity contribution in [2.45, 2.75) is 63.9 Å². The van der Waals surface area contributed by atoms with Crippen LogP contribution in [0.3, 0.4) is 0 Å². The van der Waals surface area contributed by atoms with Gasteiger partial charge in [0.05, 0.1) is 18.8 Å². The lowest BCUT2D eigenvalue weighted by Crippen LogP contribution is -2.60. The number of nitrogens with one attached hydrogen (secondary N) is 3. The normalized spacial score (nSPS) is 16.0. The van der Waals surface area contributed by atoms with Crippen LogP contribution in [-0.2, 0) is 24.0 Å². The Labute approximate surface area is 173 Å². The van der Waals surface area contributed by atoms with Crippen molar-refractivity contribution in [3.63, 3.8) is 0 Å². The monoisotopic (exact) mass is 433 g/mol. The Morgan fingerprint density at radius 3 is 1.83 bits per heavy atom. The molecule has 0 aromatic rings. The molecule has 0 saturated carbocycles. The van der Waals surface area contributed by atoms with Crippen LogP contribution >= 0.6 is 0 Å². The topological polar surface area (TPSA) is 234 Å². The number of rotatable bonds is 13. The predicted molar refractivity (Wildman–Crippen MR) is 103 cm³/mol. The van der Waals surface area contributed by atoms with E-state index in [1.165, 1.54) is 6.92 Å². The maximum atomic E-state index is 12.4. The van der Waals surface area contributed by atoms with Crippen LogP contribution in [0, 0.1) is 5.92 Å². The molecule has 0 aliphatic heterocycles. The third-order valence-corrected chi connectivity index (χ3v) is 4.19. The van der Waals surface area contributed by atoms with Gasteiger partial charge in [0.25, 0.3) is 0 Å². The third-order valence-electron chi connectivity index (χ3n) is 4.19. The van der Waals surface area contributed by atoms with Gasteiger partial charge >= 0.3 is 5.97 Å². The Balaban J connectivity index is 5.17. The fraction of sp³-hybridized carbons (Fsp3) is 0.706. The summed E-state index contributed by atoms with van der Waals surface area (Å²) in [6.07, 6.45) is -1.96. The minimum absolute atomic E-state index is 0.243. The van der Waals surface area contributed by atoms with Gasteiger partial charge in [0.15, 0.2) is 0 Å². The molecule has 0 aromatic heterocycles. The summed E-state index contributed by atoms with van der Waals surface area (Å²) in [6, 6.07) is -5.48. The van der Waals surface area contributed by atoms with E-state index in [1.54, 1.807) is 13.8 Å². The van der Waals surface area contributed by atoms with E-state index in [0.29, 0.717) is 0 Å². The van der Waals surface area contributed by atoms with Crippen LogP contribution in [-0.4, -0.2) is 81.8 Å². The number of nitrogens with two attached hydrogens (primary N) is 2. The maximum Gasteiger partial charge on any atom is 0.326 e. The number of aliphatic hydroxyl groups is 2. The lowest BCUT2D eigenvalue weighted by molar-refractivity contribution is -0.143. The van der Waals surface area contributed by atoms with Crippen LogP contribution in [0.5, 0.6) is 0 Å². The molecule has 0 radical (unpaired) electrons. The number of carboxylic acid groups (broad SMARTS) is 1. The number of carbonyl (C=O) groups excluding carboxylic acids is 4. The molecule has 4 amide bonds. The van der Waals surface area contributed by atoms with E-state index in [-0.39, 0.29) is 18.8 Å². The largest absolute Gasteiger partial charge is 0.480 e. The summed E-state index contributed by atoms with van der Waals surface area (Å²) in [5.41, 5.74) is 10.7. The molecule has 5 atom stereocenters. The highest BCUT2D eigenvalue weighted by atomic mass is 16.4. The van der Waals surface area contributed by atoms with Gasteiger partial charge in [-0.05, 0) is 19.3 Å². The average Bonchev–Trinajstić information content (AvgIpc) is 2.65. The van der Waals surface area contributed by atoms with E-state index in [4.69, 9.17) is 16.6 Å². The molecule has 0 aliphatic carbocycles. The number of aliphatic carboxylic acids is 1. The molecule has 0 spiro atoms. The molecule has 0 aliphatic rings. The van der Waals surface area contributed by atoms with Crippen molar-refractivity contribution in [3.8, 4) is 0 Å². The zero-order valence-electron chi connectivity index (χ0n) is 17.1. The molecule has 13 heteroatoms. The van der Waals surface area contributed by atoms with Crippen LogP contribution in [0.25, 0.3) is 0 Å². The van der Waals surface area contributed by atoms with Crippen LogP contribution in [0.4, 0.5) is 0 Å². The van der Waals surface area contributed by atoms with Crippen molar-refractivity contribution in [3.05, 3.63) is 0 Å². The number of hydrogen-bond donors (Lipinski definition) is 8. The van der Waals surface area contributed by atoms with Crippen molar-refractivity contribution in [1.82, 2.24) is 16.0 Å². The Kier molecular flexibility index (Phi) is 11.5. The lowest BCUT2D eigenvalue weighted by Gasteiger charge is -2.26. The van der Waals surface area contributed by atoms with Crippen molar-refractivity contribution in [2.75, 3.05) is 6.61 Å². The standard InChI is InChI=1S/C17H31N5O8/c1-7(2)12(19)15(27)22-13(8(3)24)16(28)21-10(6-23)14(26)20-9(17(29)30)4-5-11(18)25/h7-10,12-13,23-24H,4-6,19H2,1-3H3,(H2,18,25)(H,20,26)(H,21,28)(H,22,27)(H,29,30). The number of aliphatic hydroxyl groups excluding tert-OH is 2. The molecule has 172 valence electrons. The first-order chi connectivity index (χ1) is 13.8. The van der Waals surface area contributed by atoms with Gasteiger partial charge in [-0.15, -0.1) is 0 Å². The van der Waals surface area contributed by atoms with Crippen molar-refractivity contribution in [1.29, 1.82) is 0 Å². The van der Waals surface area contributed by atoms with Crippen molar-refractivity contribution >= 4 is 29.6 Å². The van der Waals surface area contributed by atoms with Gasteiger partial charge in [-0.1, -0.05) is 13.8 Å². The fourth-order valence-corrected chi connectivity index (χ4v) is 2.23. The molecule has 0 saturated heterocycles. The minimum atomic E-state index is -1.58. The van der Waals surface area contributed by atoms with Gasteiger partial charge < -0.3 is 42.7 Å². The van der Waals surface area contributed by atoms with Gasteiger partial charge in [-0.3, -0.25) is 19.2 Å². The van der Waals surface area contributed by atoms with Crippen LogP contribution in [0.2, 0.25) is 0 Å². The lowest BCUT2D eigenvalue weighted by atomic mass is 10.0. The molecule has 0 fully saturated rings. The summed E-state index contributed by atoms with van der Waals surface area (Å²) in [7, 11) is 0. The van der Waals surface area contributed by atoms with Crippen molar-refractivity contribution < 1.29 is 39.3 Å². The molecule has 10 N–H and O–H groups in total. The highest BCUT2D eigenvalue weighted by molar-refractivity contribution is 5.94. The van der Waals surface area contributed by atoms with E-state index in [2.05, 4.69) is 16.0 Å². The zero-order chi connectivity index (χ0) is 23.6. The smallest absolute Gasteiger partial charge is 0.326 e. The first-order valence-electron chi connectivity index (χ1n) is 9.28. The fourth-order valence-electron chi connectivity index (χ4n) is 2.23. The second-order valence-electron chi connectivity index (χ2n) is 7.14. The Bertz CT molecular complexity index is 640. The van der Waals surface area contributed by atoms with E-state index in [9.17, 15) is 34.2 Å². The van der Waals surface area contributed by atoms with Crippen LogP contribution in [0.1, 0.15) is 33.6 Å². The Morgan fingerprint density at radius 1 is 0.900 bits per heavy atom. The summed E-state index contributed by atoms with van der Waals surface area (Å²) in [6.45, 7) is 3.70. The molecular formula is C17H31N5O8. The Hall–Kier alpha value is -2.77. The summed E-state index contributed by atoms with van der Waals surface area (Å²) < 4.78 is 0. The molecule has 0 heterocycles. The van der Waals surface area contributed by atoms with Gasteiger partial charge in [0, 0.05) is 6.42 Å². The van der Waals surface area contributed by atoms with Gasteiger partial charge in [-0.25, -0.2) is 4.79 Å². The summed E-state index contributed by atoms with van der Waals surface area (Å²) in [4.78, 5) is 58.8. The number of amides is 4. The molecule has 30 heavy (non-hydrogen) atoms. The molecule has 0 bridgehead atoms. The van der Waals surface area contributed by atoms with E-state index >= 15 is 0 Å². The molecule has 0 rings (SSSR count). The SMILES string of the molecule is CC(C)C(N)C(=O)NC(C(=O)NC(CO)C(=O)NC(CCC(N)=O)C(=O)O)C(C)O. The maximum absolute atomic E-state index is 12.4. The van der Waals surface area contributed by atoms with E-state index < -0.39 is 66.5 Å². The molecule has 13 nitrogen and oxygen atoms in total. The second-order valence-corrected chi connectivity index (χ2v) is 7.14. The second kappa shape index (κ2) is 12.7. The average molecular weight is 433 g/mol. The van der Waals surface area contributed by atoms with E-state index in [1.807, 2.05) is 0 Å². The van der Waals surface area contributed by atoms with Crippen LogP contribution < -0.4 is 27.4 Å². The van der Waals surface area contributed by atoms with E-state index in [0.717, 1.165) is 0 Å². The minimum Gasteiger partial charge on any atom is -0.480 e. The predicted octanol–water partition coefficient (Wildman–Crippen LogP) is -3.85. The number of primary amides is 1. The van der Waals surface area contributed by atoms with Gasteiger partial charge in [0.2, 0.25) is 23.6 Å². The number of carboxylic acids is 1. The number of carbonyl (C=O) groups is 5. The van der Waals surface area contributed by atoms with Crippen molar-refractivity contribution in [2.24, 2.45) is 17.4 Å². The van der Waals surface area contributed by atoms with Gasteiger partial charge in [-0.2, -0.15) is 0 Å². The number of hydrogen-bond acceptors (Lipinski definition) is 8. The first-order valence-corrected chi connectivity index (χ1v) is 9.28. The summed E-state index contributed by atoms with van der Waals surface area (Å²) in [5, 5.41) is 34.8. The van der Waals surface area contributed by atoms with Gasteiger partial charge in [0.1, 0.15) is 18.1 Å². The molecular weight excluding hydrogens is 402 g/mol. The highest BCUT2D eigenvalue weighted by Gasteiger charge is 2.32. The summed E-state index contributed by atoms with van der Waals surface area (Å²) >= 11 is 0. The quantitative estimate of drug-likeness (QED) is 0.142. The highest BCUT2D eigenvalue weighted by Crippen LogP contribution is 2.02. The van der Waals surface area contributed by atoms with Crippen LogP contribution in [0.15, 0.2) is 0 Å².